The summed E-state index contributed by atoms with van der Waals surface area (Å²) in [5.74, 6) is -0.927. The Morgan fingerprint density at radius 2 is 1.89 bits per heavy atom. The van der Waals surface area contributed by atoms with E-state index in [0.717, 1.165) is 18.4 Å². The van der Waals surface area contributed by atoms with Gasteiger partial charge in [-0.25, -0.2) is 9.59 Å². The molecule has 5 nitrogen and oxygen atoms in total. The van der Waals surface area contributed by atoms with Crippen LogP contribution in [0, 0.1) is 0 Å². The normalized spacial score (nSPS) is 14.0. The number of amides is 2. The molecule has 2 rings (SSSR count). The minimum Gasteiger partial charge on any atom is -0.478 e. The zero-order valence-corrected chi connectivity index (χ0v) is 9.98. The Hall–Kier alpha value is -2.04. The fourth-order valence-electron chi connectivity index (χ4n) is 1.60. The van der Waals surface area contributed by atoms with Crippen LogP contribution in [0.25, 0.3) is 0 Å². The topological polar surface area (TPSA) is 78.4 Å². The molecule has 3 N–H and O–H groups in total. The Morgan fingerprint density at radius 3 is 2.44 bits per heavy atom. The van der Waals surface area contributed by atoms with Gasteiger partial charge in [0.25, 0.3) is 0 Å². The molecule has 0 aliphatic heterocycles. The molecule has 18 heavy (non-hydrogen) atoms. The summed E-state index contributed by atoms with van der Waals surface area (Å²) in [4.78, 5) is 22.0. The molecule has 0 atom stereocenters. The summed E-state index contributed by atoms with van der Waals surface area (Å²) in [5, 5.41) is 14.4. The lowest BCUT2D eigenvalue weighted by atomic mass is 10.1. The highest BCUT2D eigenvalue weighted by Crippen LogP contribution is 2.18. The highest BCUT2D eigenvalue weighted by Gasteiger charge is 2.22. The molecule has 5 heteroatoms. The van der Waals surface area contributed by atoms with Crippen molar-refractivity contribution in [3.05, 3.63) is 35.4 Å². The Kier molecular flexibility index (Phi) is 3.82. The smallest absolute Gasteiger partial charge is 0.335 e. The van der Waals surface area contributed by atoms with Crippen molar-refractivity contribution in [3.8, 4) is 0 Å². The predicted octanol–water partition coefficient (Wildman–Crippen LogP) is 1.39. The second-order valence-corrected chi connectivity index (χ2v) is 4.43. The second kappa shape index (κ2) is 5.53. The van der Waals surface area contributed by atoms with Gasteiger partial charge in [-0.2, -0.15) is 0 Å². The number of carbonyl (C=O) groups excluding carboxylic acids is 1. The Bertz CT molecular complexity index is 438. The number of carboxylic acid groups (broad SMARTS) is 1. The molecule has 96 valence electrons. The van der Waals surface area contributed by atoms with Gasteiger partial charge in [0.2, 0.25) is 0 Å². The van der Waals surface area contributed by atoms with Gasteiger partial charge >= 0.3 is 12.0 Å². The summed E-state index contributed by atoms with van der Waals surface area (Å²) >= 11 is 0. The van der Waals surface area contributed by atoms with E-state index in [1.165, 1.54) is 0 Å². The number of carboxylic acids is 1. The standard InChI is InChI=1S/C13H16N2O3/c16-12(17)10-3-1-9(2-4-10)7-8-14-13(18)15-11-5-6-11/h1-4,11H,5-8H2,(H,16,17)(H2,14,15,18). The van der Waals surface area contributed by atoms with Crippen molar-refractivity contribution in [1.82, 2.24) is 10.6 Å². The molecule has 1 aromatic carbocycles. The summed E-state index contributed by atoms with van der Waals surface area (Å²) in [6.45, 7) is 0.547. The summed E-state index contributed by atoms with van der Waals surface area (Å²) in [6.07, 6.45) is 2.84. The van der Waals surface area contributed by atoms with Crippen LogP contribution in [0.1, 0.15) is 28.8 Å². The molecular weight excluding hydrogens is 232 g/mol. The van der Waals surface area contributed by atoms with Gasteiger partial charge in [0, 0.05) is 12.6 Å². The summed E-state index contributed by atoms with van der Waals surface area (Å²) in [7, 11) is 0. The van der Waals surface area contributed by atoms with E-state index in [9.17, 15) is 9.59 Å². The average Bonchev–Trinajstić information content (AvgIpc) is 3.13. The molecule has 1 aliphatic rings. The Labute approximate surface area is 105 Å². The molecular formula is C13H16N2O3. The number of nitrogens with one attached hydrogen (secondary N) is 2. The summed E-state index contributed by atoms with van der Waals surface area (Å²) in [6, 6.07) is 6.91. The zero-order chi connectivity index (χ0) is 13.0. The average molecular weight is 248 g/mol. The third-order valence-electron chi connectivity index (χ3n) is 2.81. The van der Waals surface area contributed by atoms with Crippen molar-refractivity contribution >= 4 is 12.0 Å². The van der Waals surface area contributed by atoms with E-state index in [2.05, 4.69) is 10.6 Å². The van der Waals surface area contributed by atoms with Crippen LogP contribution in [0.2, 0.25) is 0 Å². The number of rotatable bonds is 5. The monoisotopic (exact) mass is 248 g/mol. The molecule has 0 saturated heterocycles. The molecule has 0 unspecified atom stereocenters. The first-order valence-corrected chi connectivity index (χ1v) is 6.02. The first-order chi connectivity index (χ1) is 8.65. The molecule has 1 saturated carbocycles. The minimum atomic E-state index is -0.927. The van der Waals surface area contributed by atoms with Gasteiger partial charge in [-0.1, -0.05) is 12.1 Å². The molecule has 1 aliphatic carbocycles. The Balaban J connectivity index is 1.72. The first kappa shape index (κ1) is 12.4. The quantitative estimate of drug-likeness (QED) is 0.736. The largest absolute Gasteiger partial charge is 0.478 e. The molecule has 0 spiro atoms. The predicted molar refractivity (Wildman–Crippen MR) is 66.7 cm³/mol. The van der Waals surface area contributed by atoms with E-state index >= 15 is 0 Å². The van der Waals surface area contributed by atoms with Crippen LogP contribution in [-0.4, -0.2) is 29.7 Å². The van der Waals surface area contributed by atoms with Gasteiger partial charge in [0.1, 0.15) is 0 Å². The molecule has 0 bridgehead atoms. The molecule has 1 fully saturated rings. The van der Waals surface area contributed by atoms with Crippen molar-refractivity contribution in [2.24, 2.45) is 0 Å². The lowest BCUT2D eigenvalue weighted by Crippen LogP contribution is -2.37. The van der Waals surface area contributed by atoms with Crippen LogP contribution < -0.4 is 10.6 Å². The second-order valence-electron chi connectivity index (χ2n) is 4.43. The van der Waals surface area contributed by atoms with Crippen LogP contribution in [0.5, 0.6) is 0 Å². The van der Waals surface area contributed by atoms with Crippen LogP contribution >= 0.6 is 0 Å². The van der Waals surface area contributed by atoms with Gasteiger partial charge in [-0.15, -0.1) is 0 Å². The van der Waals surface area contributed by atoms with Gasteiger partial charge in [0.05, 0.1) is 5.56 Å². The fraction of sp³-hybridized carbons (Fsp3) is 0.385. The molecule has 1 aromatic rings. The van der Waals surface area contributed by atoms with E-state index in [0.29, 0.717) is 19.0 Å². The number of benzene rings is 1. The zero-order valence-electron chi connectivity index (χ0n) is 9.98. The number of hydrogen-bond acceptors (Lipinski definition) is 2. The van der Waals surface area contributed by atoms with E-state index < -0.39 is 5.97 Å². The molecule has 0 aromatic heterocycles. The molecule has 2 amide bonds. The summed E-state index contributed by atoms with van der Waals surface area (Å²) in [5.41, 5.74) is 1.28. The van der Waals surface area contributed by atoms with Crippen LogP contribution in [0.15, 0.2) is 24.3 Å². The van der Waals surface area contributed by atoms with Crippen LogP contribution in [0.3, 0.4) is 0 Å². The minimum absolute atomic E-state index is 0.125. The number of aromatic carboxylic acids is 1. The number of hydrogen-bond donors (Lipinski definition) is 3. The summed E-state index contributed by atoms with van der Waals surface area (Å²) < 4.78 is 0. The fourth-order valence-corrected chi connectivity index (χ4v) is 1.60. The lowest BCUT2D eigenvalue weighted by Gasteiger charge is -2.06. The van der Waals surface area contributed by atoms with Crippen LogP contribution in [-0.2, 0) is 6.42 Å². The van der Waals surface area contributed by atoms with Gasteiger partial charge in [0.15, 0.2) is 0 Å². The van der Waals surface area contributed by atoms with E-state index in [1.54, 1.807) is 24.3 Å². The van der Waals surface area contributed by atoms with Crippen LogP contribution in [0.4, 0.5) is 4.79 Å². The maximum Gasteiger partial charge on any atom is 0.335 e. The number of carbonyl (C=O) groups is 2. The Morgan fingerprint density at radius 1 is 1.22 bits per heavy atom. The van der Waals surface area contributed by atoms with Crippen molar-refractivity contribution in [3.63, 3.8) is 0 Å². The van der Waals surface area contributed by atoms with Crippen molar-refractivity contribution < 1.29 is 14.7 Å². The van der Waals surface area contributed by atoms with Gasteiger partial charge in [-0.3, -0.25) is 0 Å². The maximum absolute atomic E-state index is 11.3. The number of urea groups is 1. The SMILES string of the molecule is O=C(NCCc1ccc(C(=O)O)cc1)NC1CC1. The first-order valence-electron chi connectivity index (χ1n) is 6.02. The third kappa shape index (κ3) is 3.76. The van der Waals surface area contributed by atoms with Crippen molar-refractivity contribution in [2.75, 3.05) is 6.54 Å². The van der Waals surface area contributed by atoms with Gasteiger partial charge in [-0.05, 0) is 37.0 Å². The molecule has 0 radical (unpaired) electrons. The van der Waals surface area contributed by atoms with E-state index in [4.69, 9.17) is 5.11 Å². The van der Waals surface area contributed by atoms with E-state index in [-0.39, 0.29) is 11.6 Å². The molecule has 0 heterocycles. The van der Waals surface area contributed by atoms with Crippen molar-refractivity contribution in [1.29, 1.82) is 0 Å². The highest BCUT2D eigenvalue weighted by atomic mass is 16.4. The highest BCUT2D eigenvalue weighted by molar-refractivity contribution is 5.87. The lowest BCUT2D eigenvalue weighted by molar-refractivity contribution is 0.0697. The van der Waals surface area contributed by atoms with Gasteiger partial charge < -0.3 is 15.7 Å². The maximum atomic E-state index is 11.3. The van der Waals surface area contributed by atoms with Crippen molar-refractivity contribution in [2.45, 2.75) is 25.3 Å². The third-order valence-corrected chi connectivity index (χ3v) is 2.81. The van der Waals surface area contributed by atoms with E-state index in [1.807, 2.05) is 0 Å².